The maximum absolute atomic E-state index is 12.5. The summed E-state index contributed by atoms with van der Waals surface area (Å²) in [5.41, 5.74) is 8.10. The van der Waals surface area contributed by atoms with Gasteiger partial charge in [0.25, 0.3) is 11.8 Å². The fraction of sp³-hybridized carbons (Fsp3) is 0.125. The largest absolute Gasteiger partial charge is 0.492 e. The van der Waals surface area contributed by atoms with E-state index in [9.17, 15) is 9.59 Å². The van der Waals surface area contributed by atoms with Crippen LogP contribution in [0.4, 0.5) is 0 Å². The molecule has 0 aromatic heterocycles. The van der Waals surface area contributed by atoms with Gasteiger partial charge in [-0.1, -0.05) is 48.0 Å². The van der Waals surface area contributed by atoms with E-state index in [1.165, 1.54) is 5.56 Å². The van der Waals surface area contributed by atoms with Gasteiger partial charge in [-0.05, 0) is 71.0 Å². The quantitative estimate of drug-likeness (QED) is 0.339. The number of halogens is 1. The van der Waals surface area contributed by atoms with Gasteiger partial charge < -0.3 is 4.74 Å². The van der Waals surface area contributed by atoms with Crippen molar-refractivity contribution < 1.29 is 14.3 Å². The summed E-state index contributed by atoms with van der Waals surface area (Å²) in [5, 5.41) is 2.51. The number of benzene rings is 3. The Kier molecular flexibility index (Phi) is 8.35. The van der Waals surface area contributed by atoms with E-state index in [0.29, 0.717) is 28.0 Å². The Morgan fingerprint density at radius 2 is 1.59 bits per heavy atom. The van der Waals surface area contributed by atoms with Crippen molar-refractivity contribution >= 4 is 45.1 Å². The lowest BCUT2D eigenvalue weighted by Gasteiger charge is -2.12. The van der Waals surface area contributed by atoms with Crippen LogP contribution in [0.25, 0.3) is 0 Å². The number of nitrogens with one attached hydrogen (secondary N) is 3. The van der Waals surface area contributed by atoms with Crippen LogP contribution in [0, 0.1) is 6.92 Å². The number of thiocarbonyl (C=S) groups is 1. The topological polar surface area (TPSA) is 79.5 Å². The summed E-state index contributed by atoms with van der Waals surface area (Å²) < 4.78 is 6.46. The molecule has 3 rings (SSSR count). The van der Waals surface area contributed by atoms with Crippen molar-refractivity contribution in [3.8, 4) is 5.75 Å². The average Bonchev–Trinajstić information content (AvgIpc) is 2.79. The molecule has 3 aromatic carbocycles. The Morgan fingerprint density at radius 3 is 2.28 bits per heavy atom. The van der Waals surface area contributed by atoms with Crippen LogP contribution in [0.3, 0.4) is 0 Å². The maximum atomic E-state index is 12.5. The number of aryl methyl sites for hydroxylation is 1. The monoisotopic (exact) mass is 511 g/mol. The average molecular weight is 512 g/mol. The number of ether oxygens (including phenoxy) is 1. The number of rotatable bonds is 6. The number of carbonyl (C=O) groups is 2. The number of hydrogen-bond donors (Lipinski definition) is 3. The normalized spacial score (nSPS) is 10.2. The first kappa shape index (κ1) is 23.4. The fourth-order valence-electron chi connectivity index (χ4n) is 2.78. The van der Waals surface area contributed by atoms with Crippen molar-refractivity contribution in [1.82, 2.24) is 16.2 Å². The van der Waals surface area contributed by atoms with Crippen molar-refractivity contribution in [2.24, 2.45) is 0 Å². The molecule has 0 heterocycles. The first-order chi connectivity index (χ1) is 15.4. The van der Waals surface area contributed by atoms with Crippen LogP contribution in [0.5, 0.6) is 5.75 Å². The van der Waals surface area contributed by atoms with Gasteiger partial charge >= 0.3 is 0 Å². The molecule has 0 bridgehead atoms. The molecule has 0 saturated carbocycles. The smallest absolute Gasteiger partial charge is 0.269 e. The van der Waals surface area contributed by atoms with Crippen LogP contribution in [0.15, 0.2) is 77.3 Å². The molecule has 0 aliphatic carbocycles. The highest BCUT2D eigenvalue weighted by Gasteiger charge is 2.12. The van der Waals surface area contributed by atoms with Crippen LogP contribution >= 0.6 is 28.1 Å². The van der Waals surface area contributed by atoms with Gasteiger partial charge in [-0.2, -0.15) is 0 Å². The molecule has 0 aliphatic rings. The predicted octanol–water partition coefficient (Wildman–Crippen LogP) is 4.33. The zero-order valence-electron chi connectivity index (χ0n) is 17.4. The summed E-state index contributed by atoms with van der Waals surface area (Å²) in [5.74, 6) is -0.131. The minimum atomic E-state index is -0.413. The van der Waals surface area contributed by atoms with E-state index in [4.69, 9.17) is 17.0 Å². The highest BCUT2D eigenvalue weighted by Crippen LogP contribution is 2.26. The third-order valence-electron chi connectivity index (χ3n) is 4.52. The molecule has 2 amide bonds. The first-order valence-electron chi connectivity index (χ1n) is 9.87. The lowest BCUT2D eigenvalue weighted by Crippen LogP contribution is -2.48. The molecular formula is C24H22BrN3O3S. The molecule has 0 spiro atoms. The molecule has 0 aliphatic heterocycles. The second-order valence-corrected chi connectivity index (χ2v) is 8.22. The molecule has 3 N–H and O–H groups in total. The highest BCUT2D eigenvalue weighted by molar-refractivity contribution is 9.10. The predicted molar refractivity (Wildman–Crippen MR) is 132 cm³/mol. The molecule has 164 valence electrons. The first-order valence-corrected chi connectivity index (χ1v) is 11.1. The minimum absolute atomic E-state index is 0.0187. The van der Waals surface area contributed by atoms with Crippen LogP contribution in [0.1, 0.15) is 31.8 Å². The maximum Gasteiger partial charge on any atom is 0.269 e. The van der Waals surface area contributed by atoms with Crippen LogP contribution in [0.2, 0.25) is 0 Å². The van der Waals surface area contributed by atoms with E-state index in [1.54, 1.807) is 30.3 Å². The number of hydrogen-bond acceptors (Lipinski definition) is 4. The second kappa shape index (κ2) is 11.4. The van der Waals surface area contributed by atoms with Crippen LogP contribution in [-0.4, -0.2) is 23.5 Å². The van der Waals surface area contributed by atoms with Crippen molar-refractivity contribution in [2.75, 3.05) is 6.61 Å². The zero-order valence-corrected chi connectivity index (χ0v) is 19.8. The van der Waals surface area contributed by atoms with Gasteiger partial charge in [0.1, 0.15) is 5.75 Å². The Bertz CT molecular complexity index is 1110. The Hall–Kier alpha value is -3.23. The summed E-state index contributed by atoms with van der Waals surface area (Å²) in [7, 11) is 0. The van der Waals surface area contributed by atoms with Crippen LogP contribution < -0.4 is 20.9 Å². The van der Waals surface area contributed by atoms with E-state index >= 15 is 0 Å². The van der Waals surface area contributed by atoms with E-state index in [1.807, 2.05) is 49.4 Å². The van der Waals surface area contributed by atoms with Gasteiger partial charge in [0.05, 0.1) is 11.1 Å². The SMILES string of the molecule is Cc1ccc(C(=O)NNC(=S)NC(=O)c2ccc(OCCc3ccccc3)c(Br)c2)cc1. The third-order valence-corrected chi connectivity index (χ3v) is 5.34. The molecule has 0 atom stereocenters. The number of carbonyl (C=O) groups excluding carboxylic acids is 2. The fourth-order valence-corrected chi connectivity index (χ4v) is 3.42. The third kappa shape index (κ3) is 6.90. The Labute approximate surface area is 200 Å². The van der Waals surface area contributed by atoms with Crippen molar-refractivity contribution in [3.63, 3.8) is 0 Å². The molecule has 0 radical (unpaired) electrons. The Balaban J connectivity index is 1.47. The lowest BCUT2D eigenvalue weighted by atomic mass is 10.1. The number of hydrazine groups is 1. The summed E-state index contributed by atoms with van der Waals surface area (Å²) in [4.78, 5) is 24.6. The van der Waals surface area contributed by atoms with Gasteiger partial charge in [0.15, 0.2) is 5.11 Å². The standard InChI is InChI=1S/C24H22BrN3O3S/c1-16-7-9-18(10-8-16)23(30)27-28-24(32)26-22(29)19-11-12-21(20(25)15-19)31-14-13-17-5-3-2-4-6-17/h2-12,15H,13-14H2,1H3,(H,27,30)(H2,26,28,29,32). The van der Waals surface area contributed by atoms with Gasteiger partial charge in [-0.25, -0.2) is 0 Å². The molecule has 0 saturated heterocycles. The summed E-state index contributed by atoms with van der Waals surface area (Å²) in [6, 6.07) is 22.2. The van der Waals surface area contributed by atoms with E-state index in [-0.39, 0.29) is 11.0 Å². The summed E-state index contributed by atoms with van der Waals surface area (Å²) in [6.45, 7) is 2.45. The zero-order chi connectivity index (χ0) is 22.9. The molecular weight excluding hydrogens is 490 g/mol. The van der Waals surface area contributed by atoms with Crippen molar-refractivity contribution in [3.05, 3.63) is 99.5 Å². The molecule has 8 heteroatoms. The van der Waals surface area contributed by atoms with E-state index in [0.717, 1.165) is 12.0 Å². The van der Waals surface area contributed by atoms with Crippen molar-refractivity contribution in [1.29, 1.82) is 0 Å². The summed E-state index contributed by atoms with van der Waals surface area (Å²) in [6.07, 6.45) is 0.782. The van der Waals surface area contributed by atoms with Crippen LogP contribution in [-0.2, 0) is 6.42 Å². The van der Waals surface area contributed by atoms with E-state index in [2.05, 4.69) is 32.1 Å². The summed E-state index contributed by atoms with van der Waals surface area (Å²) >= 11 is 8.53. The van der Waals surface area contributed by atoms with Gasteiger partial charge in [0.2, 0.25) is 0 Å². The Morgan fingerprint density at radius 1 is 0.906 bits per heavy atom. The molecule has 0 unspecified atom stereocenters. The minimum Gasteiger partial charge on any atom is -0.492 e. The molecule has 3 aromatic rings. The molecule has 32 heavy (non-hydrogen) atoms. The van der Waals surface area contributed by atoms with E-state index < -0.39 is 5.91 Å². The van der Waals surface area contributed by atoms with Gasteiger partial charge in [-0.3, -0.25) is 25.8 Å². The highest BCUT2D eigenvalue weighted by atomic mass is 79.9. The second-order valence-electron chi connectivity index (χ2n) is 6.96. The lowest BCUT2D eigenvalue weighted by molar-refractivity contribution is 0.0934. The van der Waals surface area contributed by atoms with Gasteiger partial charge in [0, 0.05) is 17.5 Å². The molecule has 0 fully saturated rings. The van der Waals surface area contributed by atoms with Crippen molar-refractivity contribution in [2.45, 2.75) is 13.3 Å². The molecule has 6 nitrogen and oxygen atoms in total. The number of amides is 2. The van der Waals surface area contributed by atoms with Gasteiger partial charge in [-0.15, -0.1) is 0 Å².